The van der Waals surface area contributed by atoms with E-state index in [1.807, 2.05) is 19.9 Å². The van der Waals surface area contributed by atoms with E-state index in [0.29, 0.717) is 37.8 Å². The molecule has 0 atom stereocenters. The molecule has 1 aliphatic heterocycles. The molecule has 19 heavy (non-hydrogen) atoms. The fourth-order valence-corrected chi connectivity index (χ4v) is 1.96. The maximum Gasteiger partial charge on any atom is 0.274 e. The van der Waals surface area contributed by atoms with E-state index < -0.39 is 0 Å². The first-order valence-electron chi connectivity index (χ1n) is 6.44. The van der Waals surface area contributed by atoms with Crippen molar-refractivity contribution in [1.82, 2.24) is 20.0 Å². The lowest BCUT2D eigenvalue weighted by Crippen LogP contribution is -2.48. The molecule has 2 heterocycles. The normalized spacial score (nSPS) is 15.7. The summed E-state index contributed by atoms with van der Waals surface area (Å²) in [5, 5.41) is 8.05. The molecular weight excluding hydrogens is 244 g/mol. The first-order chi connectivity index (χ1) is 9.11. The highest BCUT2D eigenvalue weighted by Gasteiger charge is 2.22. The van der Waals surface area contributed by atoms with Gasteiger partial charge in [0.2, 0.25) is 6.41 Å². The minimum Gasteiger partial charge on any atom is -0.342 e. The van der Waals surface area contributed by atoms with Crippen LogP contribution in [0.1, 0.15) is 35.9 Å². The van der Waals surface area contributed by atoms with E-state index >= 15 is 0 Å². The summed E-state index contributed by atoms with van der Waals surface area (Å²) in [5.41, 5.74) is 1.24. The van der Waals surface area contributed by atoms with Crippen molar-refractivity contribution in [3.8, 4) is 0 Å². The van der Waals surface area contributed by atoms with E-state index in [1.165, 1.54) is 0 Å². The van der Waals surface area contributed by atoms with Crippen LogP contribution in [0.25, 0.3) is 0 Å². The summed E-state index contributed by atoms with van der Waals surface area (Å²) in [5.74, 6) is 0.182. The highest BCUT2D eigenvalue weighted by molar-refractivity contribution is 5.92. The summed E-state index contributed by atoms with van der Waals surface area (Å²) >= 11 is 0. The van der Waals surface area contributed by atoms with Gasteiger partial charge in [0.05, 0.1) is 5.69 Å². The van der Waals surface area contributed by atoms with Crippen molar-refractivity contribution in [3.63, 3.8) is 0 Å². The summed E-state index contributed by atoms with van der Waals surface area (Å²) in [4.78, 5) is 26.2. The third-order valence-corrected chi connectivity index (χ3v) is 3.25. The van der Waals surface area contributed by atoms with E-state index in [0.717, 1.165) is 12.1 Å². The molecule has 0 saturated carbocycles. The number of rotatable bonds is 3. The highest BCUT2D eigenvalue weighted by Crippen LogP contribution is 2.11. The van der Waals surface area contributed by atoms with Crippen LogP contribution in [0.15, 0.2) is 12.1 Å². The molecule has 0 spiro atoms. The summed E-state index contributed by atoms with van der Waals surface area (Å²) in [6.45, 7) is 6.31. The molecule has 102 valence electrons. The quantitative estimate of drug-likeness (QED) is 0.745. The molecule has 0 aliphatic carbocycles. The molecule has 1 saturated heterocycles. The number of hydrogen-bond acceptors (Lipinski definition) is 4. The standard InChI is InChI=1S/C13H18N4O2/c1-10(2)11-3-4-12(15-14-11)13(19)17-7-5-16(9-18)6-8-17/h3-4,9-10H,5-8H2,1-2H3. The van der Waals surface area contributed by atoms with Gasteiger partial charge in [0.1, 0.15) is 0 Å². The Balaban J connectivity index is 2.02. The van der Waals surface area contributed by atoms with Gasteiger partial charge in [0, 0.05) is 26.2 Å². The van der Waals surface area contributed by atoms with Crippen molar-refractivity contribution in [2.24, 2.45) is 0 Å². The molecule has 0 N–H and O–H groups in total. The number of aromatic nitrogens is 2. The summed E-state index contributed by atoms with van der Waals surface area (Å²) in [7, 11) is 0. The third kappa shape index (κ3) is 3.07. The number of carbonyl (C=O) groups excluding carboxylic acids is 2. The van der Waals surface area contributed by atoms with Gasteiger partial charge < -0.3 is 9.80 Å². The Hall–Kier alpha value is -1.98. The van der Waals surface area contributed by atoms with Crippen molar-refractivity contribution < 1.29 is 9.59 Å². The van der Waals surface area contributed by atoms with Gasteiger partial charge in [0.15, 0.2) is 5.69 Å². The van der Waals surface area contributed by atoms with Crippen LogP contribution in [0.3, 0.4) is 0 Å². The Bertz CT molecular complexity index is 450. The highest BCUT2D eigenvalue weighted by atomic mass is 16.2. The first kappa shape index (κ1) is 13.5. The molecule has 0 aromatic carbocycles. The number of piperazine rings is 1. The lowest BCUT2D eigenvalue weighted by Gasteiger charge is -2.32. The Morgan fingerprint density at radius 1 is 1.21 bits per heavy atom. The van der Waals surface area contributed by atoms with Gasteiger partial charge in [-0.15, -0.1) is 5.10 Å². The van der Waals surface area contributed by atoms with Gasteiger partial charge >= 0.3 is 0 Å². The lowest BCUT2D eigenvalue weighted by atomic mass is 10.1. The average Bonchev–Trinajstić information content (AvgIpc) is 2.46. The molecule has 6 nitrogen and oxygen atoms in total. The van der Waals surface area contributed by atoms with Crippen LogP contribution in [0.5, 0.6) is 0 Å². The second-order valence-electron chi connectivity index (χ2n) is 4.93. The lowest BCUT2D eigenvalue weighted by molar-refractivity contribution is -0.119. The largest absolute Gasteiger partial charge is 0.342 e. The van der Waals surface area contributed by atoms with E-state index in [9.17, 15) is 9.59 Å². The van der Waals surface area contributed by atoms with Crippen LogP contribution < -0.4 is 0 Å². The fourth-order valence-electron chi connectivity index (χ4n) is 1.96. The SMILES string of the molecule is CC(C)c1ccc(C(=O)N2CCN(C=O)CC2)nn1. The molecule has 2 rings (SSSR count). The average molecular weight is 262 g/mol. The second-order valence-corrected chi connectivity index (χ2v) is 4.93. The van der Waals surface area contributed by atoms with Gasteiger partial charge in [-0.2, -0.15) is 5.10 Å². The number of hydrogen-bond donors (Lipinski definition) is 0. The molecule has 6 heteroatoms. The summed E-state index contributed by atoms with van der Waals surface area (Å²) in [6.07, 6.45) is 0.819. The van der Waals surface area contributed by atoms with Crippen LogP contribution in [0.2, 0.25) is 0 Å². The molecule has 0 unspecified atom stereocenters. The Morgan fingerprint density at radius 2 is 1.89 bits per heavy atom. The van der Waals surface area contributed by atoms with Crippen molar-refractivity contribution in [1.29, 1.82) is 0 Å². The molecule has 1 aliphatic rings. The van der Waals surface area contributed by atoms with Crippen molar-refractivity contribution >= 4 is 12.3 Å². The molecule has 1 fully saturated rings. The van der Waals surface area contributed by atoms with E-state index in [-0.39, 0.29) is 5.91 Å². The molecule has 1 aromatic heterocycles. The van der Waals surface area contributed by atoms with Gasteiger partial charge in [-0.05, 0) is 18.1 Å². The van der Waals surface area contributed by atoms with Gasteiger partial charge in [-0.3, -0.25) is 9.59 Å². The van der Waals surface area contributed by atoms with Crippen molar-refractivity contribution in [3.05, 3.63) is 23.5 Å². The Morgan fingerprint density at radius 3 is 2.37 bits per heavy atom. The van der Waals surface area contributed by atoms with Gasteiger partial charge in [-0.25, -0.2) is 0 Å². The maximum absolute atomic E-state index is 12.2. The first-order valence-corrected chi connectivity index (χ1v) is 6.44. The van der Waals surface area contributed by atoms with Crippen LogP contribution in [-0.4, -0.2) is 58.5 Å². The monoisotopic (exact) mass is 262 g/mol. The number of amides is 2. The zero-order chi connectivity index (χ0) is 13.8. The predicted molar refractivity (Wildman–Crippen MR) is 69.7 cm³/mol. The van der Waals surface area contributed by atoms with Crippen LogP contribution in [-0.2, 0) is 4.79 Å². The van der Waals surface area contributed by atoms with Gasteiger partial charge in [0.25, 0.3) is 5.91 Å². The maximum atomic E-state index is 12.2. The minimum atomic E-state index is -0.117. The topological polar surface area (TPSA) is 66.4 Å². The van der Waals surface area contributed by atoms with E-state index in [1.54, 1.807) is 15.9 Å². The Labute approximate surface area is 112 Å². The zero-order valence-electron chi connectivity index (χ0n) is 11.2. The molecule has 1 aromatic rings. The van der Waals surface area contributed by atoms with Crippen molar-refractivity contribution in [2.45, 2.75) is 19.8 Å². The minimum absolute atomic E-state index is 0.117. The number of nitrogens with zero attached hydrogens (tertiary/aromatic N) is 4. The predicted octanol–water partition coefficient (Wildman–Crippen LogP) is 0.514. The molecule has 0 radical (unpaired) electrons. The second kappa shape index (κ2) is 5.77. The summed E-state index contributed by atoms with van der Waals surface area (Å²) < 4.78 is 0. The Kier molecular flexibility index (Phi) is 4.09. The number of carbonyl (C=O) groups is 2. The zero-order valence-corrected chi connectivity index (χ0v) is 11.2. The van der Waals surface area contributed by atoms with Crippen molar-refractivity contribution in [2.75, 3.05) is 26.2 Å². The van der Waals surface area contributed by atoms with Crippen LogP contribution >= 0.6 is 0 Å². The molecule has 0 bridgehead atoms. The third-order valence-electron chi connectivity index (χ3n) is 3.25. The van der Waals surface area contributed by atoms with Crippen LogP contribution in [0, 0.1) is 0 Å². The summed E-state index contributed by atoms with van der Waals surface area (Å²) in [6, 6.07) is 3.56. The van der Waals surface area contributed by atoms with Crippen LogP contribution in [0.4, 0.5) is 0 Å². The van der Waals surface area contributed by atoms with Gasteiger partial charge in [-0.1, -0.05) is 13.8 Å². The van der Waals surface area contributed by atoms with E-state index in [4.69, 9.17) is 0 Å². The smallest absolute Gasteiger partial charge is 0.274 e. The van der Waals surface area contributed by atoms with E-state index in [2.05, 4.69) is 10.2 Å². The molecule has 2 amide bonds. The molecular formula is C13H18N4O2. The fraction of sp³-hybridized carbons (Fsp3) is 0.538.